The average Bonchev–Trinajstić information content (AvgIpc) is 2.94. The third-order valence-corrected chi connectivity index (χ3v) is 4.74. The highest BCUT2D eigenvalue weighted by atomic mass is 16.3. The summed E-state index contributed by atoms with van der Waals surface area (Å²) in [6, 6.07) is 0.481. The summed E-state index contributed by atoms with van der Waals surface area (Å²) in [5.41, 5.74) is -0.528. The number of hydrogen-bond acceptors (Lipinski definition) is 3. The van der Waals surface area contributed by atoms with Crippen molar-refractivity contribution in [3.8, 4) is 0 Å². The Morgan fingerprint density at radius 1 is 1.37 bits per heavy atom. The van der Waals surface area contributed by atoms with E-state index in [2.05, 4.69) is 41.4 Å². The van der Waals surface area contributed by atoms with Gasteiger partial charge in [0.25, 0.3) is 0 Å². The van der Waals surface area contributed by atoms with Crippen molar-refractivity contribution < 1.29 is 5.11 Å². The molecule has 0 saturated carbocycles. The number of hydrogen-bond donors (Lipinski definition) is 1. The lowest BCUT2D eigenvalue weighted by Gasteiger charge is -2.41. The summed E-state index contributed by atoms with van der Waals surface area (Å²) in [6.07, 6.45) is 8.65. The second kappa shape index (κ2) is 6.06. The molecule has 0 spiro atoms. The second-order valence-corrected chi connectivity index (χ2v) is 6.01. The lowest BCUT2D eigenvalue weighted by molar-refractivity contribution is -0.0182. The normalized spacial score (nSPS) is 25.7. The van der Waals surface area contributed by atoms with Crippen molar-refractivity contribution in [1.29, 1.82) is 0 Å². The summed E-state index contributed by atoms with van der Waals surface area (Å²) in [6.45, 7) is 9.35. The molecule has 2 atom stereocenters. The van der Waals surface area contributed by atoms with E-state index < -0.39 is 5.60 Å². The molecular weight excluding hydrogens is 238 g/mol. The lowest BCUT2D eigenvalue weighted by Crippen LogP contribution is -2.48. The summed E-state index contributed by atoms with van der Waals surface area (Å²) in [4.78, 5) is 6.57. The third kappa shape index (κ3) is 3.37. The smallest absolute Gasteiger partial charge is 0.0949 e. The number of imidazole rings is 1. The van der Waals surface area contributed by atoms with Crippen molar-refractivity contribution in [3.05, 3.63) is 18.7 Å². The van der Waals surface area contributed by atoms with Gasteiger partial charge in [-0.15, -0.1) is 0 Å². The van der Waals surface area contributed by atoms with Gasteiger partial charge >= 0.3 is 0 Å². The molecule has 2 heterocycles. The summed E-state index contributed by atoms with van der Waals surface area (Å²) in [5, 5.41) is 10.5. The number of β-amino-alcohol motifs (C(OH)–C–C–N with tert-alkyl or cyclic N) is 1. The van der Waals surface area contributed by atoms with E-state index in [0.29, 0.717) is 12.0 Å². The number of likely N-dealkylation sites (tertiary alicyclic amines) is 1. The zero-order valence-electron chi connectivity index (χ0n) is 12.4. The fourth-order valence-electron chi connectivity index (χ4n) is 3.00. The minimum atomic E-state index is -0.528. The highest BCUT2D eigenvalue weighted by Gasteiger charge is 2.32. The van der Waals surface area contributed by atoms with E-state index in [1.165, 1.54) is 6.42 Å². The zero-order chi connectivity index (χ0) is 13.9. The van der Waals surface area contributed by atoms with E-state index in [-0.39, 0.29) is 0 Å². The van der Waals surface area contributed by atoms with Crippen molar-refractivity contribution in [2.45, 2.75) is 51.7 Å². The van der Waals surface area contributed by atoms with Crippen molar-refractivity contribution >= 4 is 0 Å². The topological polar surface area (TPSA) is 41.3 Å². The Morgan fingerprint density at radius 3 is 2.68 bits per heavy atom. The molecule has 19 heavy (non-hydrogen) atoms. The van der Waals surface area contributed by atoms with Gasteiger partial charge in [-0.3, -0.25) is 4.90 Å². The predicted molar refractivity (Wildman–Crippen MR) is 77.0 cm³/mol. The van der Waals surface area contributed by atoms with Crippen LogP contribution in [0, 0.1) is 5.92 Å². The summed E-state index contributed by atoms with van der Waals surface area (Å²) in [7, 11) is 0. The summed E-state index contributed by atoms with van der Waals surface area (Å²) in [5.74, 6) is 0.668. The molecule has 1 aromatic heterocycles. The fraction of sp³-hybridized carbons (Fsp3) is 0.800. The number of aliphatic hydroxyl groups is 1. The number of aromatic nitrogens is 2. The largest absolute Gasteiger partial charge is 0.389 e. The van der Waals surface area contributed by atoms with Crippen LogP contribution in [0.15, 0.2) is 18.7 Å². The Kier molecular flexibility index (Phi) is 4.63. The molecule has 108 valence electrons. The molecule has 0 bridgehead atoms. The predicted octanol–water partition coefficient (Wildman–Crippen LogP) is 2.32. The molecule has 0 aliphatic carbocycles. The van der Waals surface area contributed by atoms with Crippen LogP contribution in [0.4, 0.5) is 0 Å². The molecule has 0 radical (unpaired) electrons. The highest BCUT2D eigenvalue weighted by molar-refractivity contribution is 4.90. The van der Waals surface area contributed by atoms with Gasteiger partial charge in [0.1, 0.15) is 0 Å². The first-order chi connectivity index (χ1) is 9.08. The van der Waals surface area contributed by atoms with E-state index in [1.807, 2.05) is 12.5 Å². The van der Waals surface area contributed by atoms with Gasteiger partial charge in [-0.05, 0) is 31.7 Å². The maximum Gasteiger partial charge on any atom is 0.0949 e. The Morgan fingerprint density at radius 2 is 2.11 bits per heavy atom. The van der Waals surface area contributed by atoms with Crippen LogP contribution in [-0.2, 0) is 0 Å². The number of piperidine rings is 1. The molecule has 1 fully saturated rings. The van der Waals surface area contributed by atoms with Gasteiger partial charge in [0.2, 0.25) is 0 Å². The molecule has 1 N–H and O–H groups in total. The first kappa shape index (κ1) is 14.5. The van der Waals surface area contributed by atoms with Gasteiger partial charge in [-0.1, -0.05) is 20.8 Å². The monoisotopic (exact) mass is 265 g/mol. The Bertz CT molecular complexity index is 373. The Hall–Kier alpha value is -0.870. The van der Waals surface area contributed by atoms with Gasteiger partial charge < -0.3 is 9.67 Å². The molecule has 0 aromatic carbocycles. The van der Waals surface area contributed by atoms with Gasteiger partial charge in [0.15, 0.2) is 0 Å². The summed E-state index contributed by atoms with van der Waals surface area (Å²) >= 11 is 0. The minimum absolute atomic E-state index is 0.481. The van der Waals surface area contributed by atoms with Crippen molar-refractivity contribution in [1.82, 2.24) is 14.5 Å². The summed E-state index contributed by atoms with van der Waals surface area (Å²) < 4.78 is 2.22. The molecule has 2 unspecified atom stereocenters. The van der Waals surface area contributed by atoms with Gasteiger partial charge in [0.05, 0.1) is 11.9 Å². The van der Waals surface area contributed by atoms with Crippen molar-refractivity contribution in [2.75, 3.05) is 19.6 Å². The molecule has 1 aromatic rings. The van der Waals surface area contributed by atoms with Crippen LogP contribution in [0.25, 0.3) is 0 Å². The van der Waals surface area contributed by atoms with Crippen molar-refractivity contribution in [3.63, 3.8) is 0 Å². The molecule has 1 aliphatic heterocycles. The fourth-order valence-corrected chi connectivity index (χ4v) is 3.00. The third-order valence-electron chi connectivity index (χ3n) is 4.74. The standard InChI is InChI=1S/C15H27N3O/c1-4-15(19,5-2)11-17-8-6-13(3)14(10-17)18-9-7-16-12-18/h7,9,12-14,19H,4-6,8,10-11H2,1-3H3. The second-order valence-electron chi connectivity index (χ2n) is 6.01. The first-order valence-corrected chi connectivity index (χ1v) is 7.50. The molecular formula is C15H27N3O. The highest BCUT2D eigenvalue weighted by Crippen LogP contribution is 2.29. The van der Waals surface area contributed by atoms with E-state index in [4.69, 9.17) is 0 Å². The van der Waals surface area contributed by atoms with Crippen LogP contribution in [0.1, 0.15) is 46.1 Å². The van der Waals surface area contributed by atoms with Crippen LogP contribution in [0.3, 0.4) is 0 Å². The number of nitrogens with zero attached hydrogens (tertiary/aromatic N) is 3. The maximum atomic E-state index is 10.5. The van der Waals surface area contributed by atoms with Crippen LogP contribution in [0.5, 0.6) is 0 Å². The molecule has 4 heteroatoms. The van der Waals surface area contributed by atoms with Gasteiger partial charge in [0, 0.05) is 31.5 Å². The van der Waals surface area contributed by atoms with Crippen LogP contribution < -0.4 is 0 Å². The van der Waals surface area contributed by atoms with E-state index in [0.717, 1.165) is 32.5 Å². The number of rotatable bonds is 5. The molecule has 1 aliphatic rings. The zero-order valence-corrected chi connectivity index (χ0v) is 12.4. The van der Waals surface area contributed by atoms with Crippen LogP contribution in [0.2, 0.25) is 0 Å². The van der Waals surface area contributed by atoms with E-state index in [1.54, 1.807) is 0 Å². The molecule has 1 saturated heterocycles. The van der Waals surface area contributed by atoms with E-state index in [9.17, 15) is 5.11 Å². The van der Waals surface area contributed by atoms with Crippen LogP contribution in [-0.4, -0.2) is 44.8 Å². The Balaban J connectivity index is 2.01. The quantitative estimate of drug-likeness (QED) is 0.888. The SMILES string of the molecule is CCC(O)(CC)CN1CCC(C)C(n2ccnc2)C1. The molecule has 4 nitrogen and oxygen atoms in total. The minimum Gasteiger partial charge on any atom is -0.389 e. The Labute approximate surface area is 116 Å². The first-order valence-electron chi connectivity index (χ1n) is 7.50. The van der Waals surface area contributed by atoms with Gasteiger partial charge in [-0.2, -0.15) is 0 Å². The van der Waals surface area contributed by atoms with Gasteiger partial charge in [-0.25, -0.2) is 4.98 Å². The lowest BCUT2D eigenvalue weighted by atomic mass is 9.90. The van der Waals surface area contributed by atoms with E-state index >= 15 is 0 Å². The average molecular weight is 265 g/mol. The van der Waals surface area contributed by atoms with Crippen molar-refractivity contribution in [2.24, 2.45) is 5.92 Å². The molecule has 2 rings (SSSR count). The van der Waals surface area contributed by atoms with Crippen LogP contribution >= 0.6 is 0 Å². The maximum absolute atomic E-state index is 10.5. The molecule has 0 amide bonds.